The number of benzene rings is 1. The Morgan fingerprint density at radius 1 is 1.08 bits per heavy atom. The molecule has 1 heterocycles. The van der Waals surface area contributed by atoms with E-state index >= 15 is 0 Å². The molecule has 25 heavy (non-hydrogen) atoms. The van der Waals surface area contributed by atoms with Crippen LogP contribution in [0.15, 0.2) is 36.7 Å². The molecule has 0 aliphatic carbocycles. The number of hydrogen-bond donors (Lipinski definition) is 1. The van der Waals surface area contributed by atoms with E-state index in [4.69, 9.17) is 0 Å². The summed E-state index contributed by atoms with van der Waals surface area (Å²) in [6.07, 6.45) is 6.27. The minimum absolute atomic E-state index is 0.122. The van der Waals surface area contributed by atoms with E-state index in [0.717, 1.165) is 5.56 Å². The Bertz CT molecular complexity index is 804. The zero-order valence-corrected chi connectivity index (χ0v) is 14.0. The molecular formula is C17H17N3O5. The fraction of sp³-hybridized carbons (Fsp3) is 0.176. The van der Waals surface area contributed by atoms with Crippen LogP contribution in [-0.4, -0.2) is 41.8 Å². The van der Waals surface area contributed by atoms with Crippen LogP contribution in [0, 0.1) is 0 Å². The van der Waals surface area contributed by atoms with Gasteiger partial charge < -0.3 is 14.8 Å². The molecule has 0 aliphatic heterocycles. The molecule has 0 aliphatic rings. The van der Waals surface area contributed by atoms with E-state index in [2.05, 4.69) is 19.9 Å². The molecule has 1 aromatic carbocycles. The summed E-state index contributed by atoms with van der Waals surface area (Å²) in [5, 5.41) is 6.58. The molecule has 0 radical (unpaired) electrons. The topological polar surface area (TPSA) is 99.5 Å². The van der Waals surface area contributed by atoms with Gasteiger partial charge in [0.05, 0.1) is 31.5 Å². The van der Waals surface area contributed by atoms with Crippen molar-refractivity contribution in [3.63, 3.8) is 0 Å². The zero-order valence-electron chi connectivity index (χ0n) is 14.0. The molecule has 0 fully saturated rings. The van der Waals surface area contributed by atoms with Gasteiger partial charge in [-0.05, 0) is 24.3 Å². The second-order valence-electron chi connectivity index (χ2n) is 5.05. The summed E-state index contributed by atoms with van der Waals surface area (Å²) in [7, 11) is 4.22. The van der Waals surface area contributed by atoms with Crippen LogP contribution in [0.5, 0.6) is 0 Å². The van der Waals surface area contributed by atoms with Gasteiger partial charge in [-0.2, -0.15) is 5.10 Å². The van der Waals surface area contributed by atoms with Crippen LogP contribution in [0.4, 0.5) is 5.69 Å². The summed E-state index contributed by atoms with van der Waals surface area (Å²) >= 11 is 0. The van der Waals surface area contributed by atoms with Crippen molar-refractivity contribution in [2.45, 2.75) is 0 Å². The summed E-state index contributed by atoms with van der Waals surface area (Å²) in [5.74, 6) is -1.69. The van der Waals surface area contributed by atoms with Crippen LogP contribution in [0.2, 0.25) is 0 Å². The Balaban J connectivity index is 2.22. The number of nitrogens with zero attached hydrogens (tertiary/aromatic N) is 2. The van der Waals surface area contributed by atoms with E-state index in [1.54, 1.807) is 30.2 Å². The quantitative estimate of drug-likeness (QED) is 0.654. The molecule has 1 amide bonds. The third kappa shape index (κ3) is 4.77. The molecule has 8 heteroatoms. The van der Waals surface area contributed by atoms with Crippen LogP contribution >= 0.6 is 0 Å². The van der Waals surface area contributed by atoms with Crippen LogP contribution in [-0.2, 0) is 21.3 Å². The van der Waals surface area contributed by atoms with Crippen LogP contribution < -0.4 is 5.32 Å². The molecule has 1 aromatic heterocycles. The fourth-order valence-electron chi connectivity index (χ4n) is 2.05. The Kier molecular flexibility index (Phi) is 5.67. The van der Waals surface area contributed by atoms with Crippen molar-refractivity contribution in [2.24, 2.45) is 7.05 Å². The van der Waals surface area contributed by atoms with E-state index in [-0.39, 0.29) is 16.8 Å². The van der Waals surface area contributed by atoms with Gasteiger partial charge in [0.25, 0.3) is 0 Å². The molecular weight excluding hydrogens is 326 g/mol. The first kappa shape index (κ1) is 17.9. The molecule has 1 N–H and O–H groups in total. The summed E-state index contributed by atoms with van der Waals surface area (Å²) in [4.78, 5) is 35.5. The lowest BCUT2D eigenvalue weighted by Gasteiger charge is -2.08. The molecule has 2 rings (SSSR count). The zero-order chi connectivity index (χ0) is 18.4. The van der Waals surface area contributed by atoms with Crippen molar-refractivity contribution >= 4 is 29.6 Å². The maximum Gasteiger partial charge on any atom is 0.337 e. The van der Waals surface area contributed by atoms with Gasteiger partial charge in [-0.1, -0.05) is 0 Å². The maximum atomic E-state index is 12.0. The number of ether oxygens (including phenoxy) is 2. The lowest BCUT2D eigenvalue weighted by molar-refractivity contribution is -0.111. The van der Waals surface area contributed by atoms with E-state index < -0.39 is 17.8 Å². The molecule has 0 spiro atoms. The lowest BCUT2D eigenvalue weighted by Crippen LogP contribution is -2.12. The van der Waals surface area contributed by atoms with Crippen LogP contribution in [0.3, 0.4) is 0 Å². The van der Waals surface area contributed by atoms with Crippen molar-refractivity contribution in [3.8, 4) is 0 Å². The summed E-state index contributed by atoms with van der Waals surface area (Å²) in [5.41, 5.74) is 1.27. The van der Waals surface area contributed by atoms with Crippen molar-refractivity contribution in [1.29, 1.82) is 0 Å². The highest BCUT2D eigenvalue weighted by molar-refractivity contribution is 6.04. The van der Waals surface area contributed by atoms with Crippen LogP contribution in [0.25, 0.3) is 6.08 Å². The smallest absolute Gasteiger partial charge is 0.337 e. The van der Waals surface area contributed by atoms with E-state index in [1.165, 1.54) is 38.5 Å². The molecule has 0 saturated heterocycles. The van der Waals surface area contributed by atoms with E-state index in [0.29, 0.717) is 0 Å². The average molecular weight is 343 g/mol. The highest BCUT2D eigenvalue weighted by Gasteiger charge is 2.14. The van der Waals surface area contributed by atoms with Gasteiger partial charge in [-0.15, -0.1) is 0 Å². The molecule has 0 bridgehead atoms. The van der Waals surface area contributed by atoms with Gasteiger partial charge in [0.15, 0.2) is 0 Å². The number of aryl methyl sites for hydroxylation is 1. The molecule has 2 aromatic rings. The Morgan fingerprint density at radius 2 is 1.68 bits per heavy atom. The number of amides is 1. The minimum atomic E-state index is -0.632. The number of methoxy groups -OCH3 is 2. The highest BCUT2D eigenvalue weighted by Crippen LogP contribution is 2.17. The predicted octanol–water partition coefficient (Wildman–Crippen LogP) is 1.65. The Hall–Kier alpha value is -3.42. The van der Waals surface area contributed by atoms with Crippen LogP contribution in [0.1, 0.15) is 26.3 Å². The van der Waals surface area contributed by atoms with Crippen molar-refractivity contribution in [1.82, 2.24) is 9.78 Å². The lowest BCUT2D eigenvalue weighted by atomic mass is 10.1. The molecule has 0 saturated carbocycles. The van der Waals surface area contributed by atoms with Gasteiger partial charge in [-0.25, -0.2) is 9.59 Å². The Labute approximate surface area is 144 Å². The number of rotatable bonds is 5. The Morgan fingerprint density at radius 3 is 2.16 bits per heavy atom. The molecule has 0 unspecified atom stereocenters. The highest BCUT2D eigenvalue weighted by atomic mass is 16.5. The van der Waals surface area contributed by atoms with Crippen molar-refractivity contribution in [2.75, 3.05) is 19.5 Å². The third-order valence-corrected chi connectivity index (χ3v) is 3.19. The normalized spacial score (nSPS) is 10.5. The van der Waals surface area contributed by atoms with E-state index in [1.807, 2.05) is 0 Å². The number of nitrogens with one attached hydrogen (secondary N) is 1. The number of esters is 2. The van der Waals surface area contributed by atoms with Gasteiger partial charge in [-0.3, -0.25) is 9.48 Å². The molecule has 0 atom stereocenters. The number of carbonyl (C=O) groups is 3. The largest absolute Gasteiger partial charge is 0.465 e. The number of carbonyl (C=O) groups excluding carboxylic acids is 3. The van der Waals surface area contributed by atoms with Gasteiger partial charge in [0.1, 0.15) is 0 Å². The average Bonchev–Trinajstić information content (AvgIpc) is 3.03. The fourth-order valence-corrected chi connectivity index (χ4v) is 2.05. The molecule has 8 nitrogen and oxygen atoms in total. The summed E-state index contributed by atoms with van der Waals surface area (Å²) in [6.45, 7) is 0. The van der Waals surface area contributed by atoms with E-state index in [9.17, 15) is 14.4 Å². The first-order valence-electron chi connectivity index (χ1n) is 7.22. The van der Waals surface area contributed by atoms with Crippen molar-refractivity contribution < 1.29 is 23.9 Å². The summed E-state index contributed by atoms with van der Waals surface area (Å²) in [6, 6.07) is 4.15. The second kappa shape index (κ2) is 7.91. The predicted molar refractivity (Wildman–Crippen MR) is 90.0 cm³/mol. The SMILES string of the molecule is COC(=O)c1cc(NC(=O)/C=C/c2cnn(C)c2)cc(C(=O)OC)c1. The number of aromatic nitrogens is 2. The van der Waals surface area contributed by atoms with Crippen molar-refractivity contribution in [3.05, 3.63) is 53.4 Å². The standard InChI is InChI=1S/C17H17N3O5/c1-20-10-11(9-18-20)4-5-15(21)19-14-7-12(16(22)24-2)6-13(8-14)17(23)25-3/h4-10H,1-3H3,(H,19,21)/b5-4+. The monoisotopic (exact) mass is 343 g/mol. The number of anilines is 1. The van der Waals surface area contributed by atoms with Gasteiger partial charge >= 0.3 is 11.9 Å². The first-order valence-corrected chi connectivity index (χ1v) is 7.22. The summed E-state index contributed by atoms with van der Waals surface area (Å²) < 4.78 is 10.9. The second-order valence-corrected chi connectivity index (χ2v) is 5.05. The maximum absolute atomic E-state index is 12.0. The first-order chi connectivity index (χ1) is 11.9. The van der Waals surface area contributed by atoms with Gasteiger partial charge in [0.2, 0.25) is 5.91 Å². The van der Waals surface area contributed by atoms with Gasteiger partial charge in [0, 0.05) is 30.6 Å². The molecule has 130 valence electrons. The number of hydrogen-bond acceptors (Lipinski definition) is 6. The minimum Gasteiger partial charge on any atom is -0.465 e. The third-order valence-electron chi connectivity index (χ3n) is 3.19.